The molecule has 1 aliphatic carbocycles. The maximum absolute atomic E-state index is 10.8. The average molecular weight is 625 g/mol. The molecule has 0 saturated heterocycles. The second kappa shape index (κ2) is 9.71. The van der Waals surface area contributed by atoms with E-state index in [-0.39, 0.29) is 5.41 Å². The van der Waals surface area contributed by atoms with Gasteiger partial charge in [-0.3, -0.25) is 0 Å². The van der Waals surface area contributed by atoms with Gasteiger partial charge in [-0.1, -0.05) is 105 Å². The predicted octanol–water partition coefficient (Wildman–Crippen LogP) is 11.1. The number of hydrogen-bond donors (Lipinski definition) is 0. The molecule has 0 aliphatic heterocycles. The summed E-state index contributed by atoms with van der Waals surface area (Å²) in [7, 11) is 0. The minimum Gasteiger partial charge on any atom is -0.308 e. The fraction of sp³-hybridized carbons (Fsp3) is 0.0667. The van der Waals surface area contributed by atoms with Crippen molar-refractivity contribution >= 4 is 54.4 Å². The van der Waals surface area contributed by atoms with Crippen molar-refractivity contribution in [2.24, 2.45) is 0 Å². The molecule has 0 fully saturated rings. The molecule has 0 saturated carbocycles. The molecular weight excluding hydrogens is 597 g/mol. The average Bonchev–Trinajstić information content (AvgIpc) is 3.73. The maximum Gasteiger partial charge on any atom is 0.101 e. The molecule has 0 bridgehead atoms. The molecule has 0 amide bonds. The quantitative estimate of drug-likeness (QED) is 0.192. The van der Waals surface area contributed by atoms with Gasteiger partial charge in [0.15, 0.2) is 0 Å². The lowest BCUT2D eigenvalue weighted by molar-refractivity contribution is 0.661. The molecule has 0 atom stereocenters. The van der Waals surface area contributed by atoms with E-state index in [0.717, 1.165) is 54.4 Å². The number of para-hydroxylation sites is 2. The molecule has 0 radical (unpaired) electrons. The standard InChI is InChI=1S/C45H28N4/c1-45(2)36-16-8-5-13-31(36)34-24-43-35(23-37(34)45)32-14-6-9-17-38(32)49(43)42-22-28(25-46)41(21-29(42)26-47)48-39-18-10-7-15-33(39)44-30-12-4-3-11-27(30)19-20-40(44)48/h3-24H,1-2H3. The Morgan fingerprint density at radius 3 is 1.80 bits per heavy atom. The van der Waals surface area contributed by atoms with Gasteiger partial charge in [0.25, 0.3) is 0 Å². The summed E-state index contributed by atoms with van der Waals surface area (Å²) in [6.07, 6.45) is 0. The number of benzene rings is 7. The first-order valence-electron chi connectivity index (χ1n) is 16.6. The van der Waals surface area contributed by atoms with Gasteiger partial charge in [-0.15, -0.1) is 0 Å². The molecule has 228 valence electrons. The second-order valence-electron chi connectivity index (χ2n) is 13.6. The van der Waals surface area contributed by atoms with Crippen LogP contribution in [0.25, 0.3) is 76.9 Å². The Morgan fingerprint density at radius 2 is 1.06 bits per heavy atom. The zero-order valence-electron chi connectivity index (χ0n) is 27.0. The summed E-state index contributed by atoms with van der Waals surface area (Å²) in [5, 5.41) is 28.4. The normalized spacial score (nSPS) is 13.2. The van der Waals surface area contributed by atoms with Crippen molar-refractivity contribution in [3.8, 4) is 34.6 Å². The number of rotatable bonds is 2. The summed E-state index contributed by atoms with van der Waals surface area (Å²) < 4.78 is 4.33. The highest BCUT2D eigenvalue weighted by Crippen LogP contribution is 2.51. The van der Waals surface area contributed by atoms with E-state index in [1.807, 2.05) is 24.3 Å². The van der Waals surface area contributed by atoms with Crippen LogP contribution in [0.4, 0.5) is 0 Å². The van der Waals surface area contributed by atoms with Gasteiger partial charge >= 0.3 is 0 Å². The smallest absolute Gasteiger partial charge is 0.101 e. The third-order valence-electron chi connectivity index (χ3n) is 10.8. The molecule has 9 aromatic rings. The van der Waals surface area contributed by atoms with Gasteiger partial charge in [0.2, 0.25) is 0 Å². The highest BCUT2D eigenvalue weighted by molar-refractivity contribution is 6.21. The summed E-state index contributed by atoms with van der Waals surface area (Å²) in [6.45, 7) is 4.59. The molecule has 4 nitrogen and oxygen atoms in total. The largest absolute Gasteiger partial charge is 0.308 e. The van der Waals surface area contributed by atoms with Crippen molar-refractivity contribution in [3.05, 3.63) is 156 Å². The van der Waals surface area contributed by atoms with Crippen LogP contribution in [0.3, 0.4) is 0 Å². The van der Waals surface area contributed by atoms with Gasteiger partial charge in [-0.2, -0.15) is 10.5 Å². The minimum atomic E-state index is -0.135. The van der Waals surface area contributed by atoms with Crippen molar-refractivity contribution in [1.82, 2.24) is 9.13 Å². The molecule has 2 aromatic heterocycles. The summed E-state index contributed by atoms with van der Waals surface area (Å²) >= 11 is 0. The van der Waals surface area contributed by atoms with Crippen LogP contribution < -0.4 is 0 Å². The minimum absolute atomic E-state index is 0.135. The molecule has 0 unspecified atom stereocenters. The van der Waals surface area contributed by atoms with Crippen LogP contribution in [0.2, 0.25) is 0 Å². The predicted molar refractivity (Wildman–Crippen MR) is 200 cm³/mol. The monoisotopic (exact) mass is 624 g/mol. The van der Waals surface area contributed by atoms with E-state index in [0.29, 0.717) is 22.5 Å². The number of nitriles is 2. The van der Waals surface area contributed by atoms with E-state index < -0.39 is 0 Å². The zero-order chi connectivity index (χ0) is 33.0. The van der Waals surface area contributed by atoms with Crippen LogP contribution in [0.5, 0.6) is 0 Å². The lowest BCUT2D eigenvalue weighted by Gasteiger charge is -2.21. The Bertz CT molecular complexity index is 2990. The molecule has 0 N–H and O–H groups in total. The summed E-state index contributed by atoms with van der Waals surface area (Å²) in [5.41, 5.74) is 11.4. The van der Waals surface area contributed by atoms with Crippen LogP contribution in [-0.2, 0) is 5.41 Å². The van der Waals surface area contributed by atoms with Gasteiger partial charge in [0, 0.05) is 27.0 Å². The Balaban J connectivity index is 1.29. The summed E-state index contributed by atoms with van der Waals surface area (Å²) in [5.74, 6) is 0. The third kappa shape index (κ3) is 3.55. The molecule has 2 heterocycles. The molecule has 7 aromatic carbocycles. The zero-order valence-corrected chi connectivity index (χ0v) is 27.0. The SMILES string of the molecule is CC1(C)c2ccccc2-c2cc3c(cc21)c1ccccc1n3-c1cc(C#N)c(-n2c3ccccc3c3c4ccccc4ccc32)cc1C#N. The summed E-state index contributed by atoms with van der Waals surface area (Å²) in [4.78, 5) is 0. The van der Waals surface area contributed by atoms with Gasteiger partial charge in [0.1, 0.15) is 12.1 Å². The van der Waals surface area contributed by atoms with Crippen molar-refractivity contribution in [3.63, 3.8) is 0 Å². The van der Waals surface area contributed by atoms with Crippen LogP contribution >= 0.6 is 0 Å². The van der Waals surface area contributed by atoms with E-state index in [4.69, 9.17) is 0 Å². The lowest BCUT2D eigenvalue weighted by Crippen LogP contribution is -2.14. The summed E-state index contributed by atoms with van der Waals surface area (Å²) in [6, 6.07) is 51.5. The molecule has 4 heteroatoms. The molecule has 1 aliphatic rings. The van der Waals surface area contributed by atoms with E-state index in [9.17, 15) is 10.5 Å². The third-order valence-corrected chi connectivity index (χ3v) is 10.8. The van der Waals surface area contributed by atoms with Gasteiger partial charge in [0.05, 0.1) is 44.6 Å². The Kier molecular flexibility index (Phi) is 5.44. The Labute approximate surface area is 282 Å². The second-order valence-corrected chi connectivity index (χ2v) is 13.6. The first-order chi connectivity index (χ1) is 24.0. The van der Waals surface area contributed by atoms with Crippen LogP contribution in [-0.4, -0.2) is 9.13 Å². The van der Waals surface area contributed by atoms with Crippen molar-refractivity contribution in [1.29, 1.82) is 10.5 Å². The number of fused-ring (bicyclic) bond motifs is 11. The fourth-order valence-electron chi connectivity index (χ4n) is 8.55. The lowest BCUT2D eigenvalue weighted by atomic mass is 9.82. The van der Waals surface area contributed by atoms with Gasteiger partial charge in [-0.05, 0) is 75.5 Å². The Morgan fingerprint density at radius 1 is 0.469 bits per heavy atom. The fourth-order valence-corrected chi connectivity index (χ4v) is 8.55. The van der Waals surface area contributed by atoms with Gasteiger partial charge in [-0.25, -0.2) is 0 Å². The highest BCUT2D eigenvalue weighted by Gasteiger charge is 2.36. The van der Waals surface area contributed by atoms with Crippen LogP contribution in [0.15, 0.2) is 133 Å². The first kappa shape index (κ1) is 27.5. The van der Waals surface area contributed by atoms with Crippen molar-refractivity contribution in [2.75, 3.05) is 0 Å². The number of aromatic nitrogens is 2. The number of hydrogen-bond acceptors (Lipinski definition) is 2. The Hall–Kier alpha value is -6.62. The van der Waals surface area contributed by atoms with E-state index in [1.54, 1.807) is 0 Å². The van der Waals surface area contributed by atoms with Crippen molar-refractivity contribution in [2.45, 2.75) is 19.3 Å². The molecule has 10 rings (SSSR count). The van der Waals surface area contributed by atoms with E-state index in [1.165, 1.54) is 22.3 Å². The maximum atomic E-state index is 10.8. The highest BCUT2D eigenvalue weighted by atomic mass is 15.0. The first-order valence-corrected chi connectivity index (χ1v) is 16.6. The topological polar surface area (TPSA) is 57.4 Å². The van der Waals surface area contributed by atoms with Crippen LogP contribution in [0.1, 0.15) is 36.1 Å². The molecular formula is C45H28N4. The van der Waals surface area contributed by atoms with Crippen LogP contribution in [0, 0.1) is 22.7 Å². The van der Waals surface area contributed by atoms with Crippen molar-refractivity contribution < 1.29 is 0 Å². The van der Waals surface area contributed by atoms with Gasteiger partial charge < -0.3 is 9.13 Å². The molecule has 49 heavy (non-hydrogen) atoms. The molecule has 0 spiro atoms. The number of nitrogens with zero attached hydrogens (tertiary/aromatic N) is 4. The van der Waals surface area contributed by atoms with E-state index >= 15 is 0 Å². The van der Waals surface area contributed by atoms with E-state index in [2.05, 4.69) is 144 Å².